The summed E-state index contributed by atoms with van der Waals surface area (Å²) in [6.07, 6.45) is 2.85. The van der Waals surface area contributed by atoms with Crippen LogP contribution in [0.15, 0.2) is 6.20 Å². The lowest BCUT2D eigenvalue weighted by Gasteiger charge is -2.23. The highest BCUT2D eigenvalue weighted by Gasteiger charge is 2.36. The van der Waals surface area contributed by atoms with E-state index < -0.39 is 0 Å². The van der Waals surface area contributed by atoms with Gasteiger partial charge >= 0.3 is 0 Å². The molecular formula is C10H18N3S+. The third-order valence-corrected chi connectivity index (χ3v) is 3.07. The zero-order valence-corrected chi connectivity index (χ0v) is 10.0. The summed E-state index contributed by atoms with van der Waals surface area (Å²) in [6, 6.07) is 0. The molecule has 3 N–H and O–H groups in total. The van der Waals surface area contributed by atoms with Crippen molar-refractivity contribution in [1.82, 2.24) is 15.3 Å². The van der Waals surface area contributed by atoms with Crippen molar-refractivity contribution >= 4 is 12.2 Å². The van der Waals surface area contributed by atoms with Gasteiger partial charge < -0.3 is 9.97 Å². The Kier molecular flexibility index (Phi) is 3.39. The summed E-state index contributed by atoms with van der Waals surface area (Å²) in [5, 5.41) is 3.33. The van der Waals surface area contributed by atoms with Gasteiger partial charge in [-0.05, 0) is 26.2 Å². The molecule has 0 saturated carbocycles. The minimum absolute atomic E-state index is 0.0282. The van der Waals surface area contributed by atoms with Crippen LogP contribution in [0.4, 0.5) is 0 Å². The van der Waals surface area contributed by atoms with E-state index in [1.807, 2.05) is 13.2 Å². The molecule has 1 aromatic rings. The van der Waals surface area contributed by atoms with Crippen molar-refractivity contribution in [2.45, 2.75) is 32.7 Å². The van der Waals surface area contributed by atoms with Gasteiger partial charge in [-0.15, -0.1) is 0 Å². The molecule has 1 aromatic heterocycles. The quantitative estimate of drug-likeness (QED) is 0.529. The highest BCUT2D eigenvalue weighted by molar-refractivity contribution is 7.71. The Bertz CT molecular complexity index is 339. The molecule has 4 heteroatoms. The average molecular weight is 212 g/mol. The molecule has 0 aliphatic carbocycles. The Hall–Kier alpha value is -0.740. The maximum atomic E-state index is 4.99. The van der Waals surface area contributed by atoms with Gasteiger partial charge in [0.05, 0.1) is 13.8 Å². The number of aromatic amines is 2. The van der Waals surface area contributed by atoms with Crippen molar-refractivity contribution < 1.29 is 0 Å². The molecule has 0 saturated heterocycles. The van der Waals surface area contributed by atoms with Crippen LogP contribution in [0.3, 0.4) is 0 Å². The molecule has 14 heavy (non-hydrogen) atoms. The summed E-state index contributed by atoms with van der Waals surface area (Å²) in [4.78, 5) is 6.10. The van der Waals surface area contributed by atoms with Crippen LogP contribution < -0.4 is 5.32 Å². The SMILES string of the molecule is CNC(C)(Cc1c[nH]c(=S)[nH]1)[C+](C)C. The van der Waals surface area contributed by atoms with E-state index in [0.717, 1.165) is 12.1 Å². The number of nitrogens with one attached hydrogen (secondary N) is 3. The molecule has 1 rings (SSSR count). The van der Waals surface area contributed by atoms with Gasteiger partial charge in [-0.3, -0.25) is 5.32 Å². The number of H-pyrrole nitrogens is 2. The standard InChI is InChI=1S/C10H17N3S/c1-7(2)10(3,11-4)5-8-6-12-9(14)13-8/h6,11H,5H2,1-4H3,(H-,12,13,14)/p+1. The highest BCUT2D eigenvalue weighted by Crippen LogP contribution is 2.21. The van der Waals surface area contributed by atoms with Gasteiger partial charge in [0.1, 0.15) is 5.92 Å². The summed E-state index contributed by atoms with van der Waals surface area (Å²) in [5.74, 6) is 1.36. The van der Waals surface area contributed by atoms with Crippen molar-refractivity contribution in [1.29, 1.82) is 0 Å². The lowest BCUT2D eigenvalue weighted by atomic mass is 9.84. The van der Waals surface area contributed by atoms with Crippen LogP contribution in [-0.4, -0.2) is 22.6 Å². The Labute approximate surface area is 90.3 Å². The number of hydrogen-bond donors (Lipinski definition) is 3. The van der Waals surface area contributed by atoms with Crippen LogP contribution in [0.2, 0.25) is 0 Å². The van der Waals surface area contributed by atoms with Gasteiger partial charge in [0.2, 0.25) is 0 Å². The second kappa shape index (κ2) is 4.19. The monoisotopic (exact) mass is 212 g/mol. The predicted octanol–water partition coefficient (Wildman–Crippen LogP) is 2.21. The first-order chi connectivity index (χ1) is 6.48. The number of hydrogen-bond acceptors (Lipinski definition) is 2. The number of likely N-dealkylation sites (N-methyl/N-ethyl adjacent to an activating group) is 1. The molecule has 1 atom stereocenters. The average Bonchev–Trinajstić information content (AvgIpc) is 2.50. The van der Waals surface area contributed by atoms with E-state index in [1.165, 1.54) is 5.92 Å². The van der Waals surface area contributed by atoms with E-state index in [2.05, 4.69) is 36.1 Å². The van der Waals surface area contributed by atoms with Crippen molar-refractivity contribution in [3.8, 4) is 0 Å². The lowest BCUT2D eigenvalue weighted by Crippen LogP contribution is -2.45. The molecular weight excluding hydrogens is 194 g/mol. The Morgan fingerprint density at radius 3 is 2.57 bits per heavy atom. The van der Waals surface area contributed by atoms with Gasteiger partial charge in [0.25, 0.3) is 0 Å². The van der Waals surface area contributed by atoms with Crippen LogP contribution in [0, 0.1) is 10.7 Å². The first kappa shape index (κ1) is 11.3. The zero-order valence-electron chi connectivity index (χ0n) is 9.19. The van der Waals surface area contributed by atoms with Gasteiger partial charge in [-0.25, -0.2) is 0 Å². The number of imidazole rings is 1. The van der Waals surface area contributed by atoms with Gasteiger partial charge in [0.15, 0.2) is 10.3 Å². The van der Waals surface area contributed by atoms with Crippen LogP contribution >= 0.6 is 12.2 Å². The summed E-state index contributed by atoms with van der Waals surface area (Å²) < 4.78 is 0.687. The summed E-state index contributed by atoms with van der Waals surface area (Å²) >= 11 is 4.99. The van der Waals surface area contributed by atoms with E-state index in [1.54, 1.807) is 0 Å². The zero-order chi connectivity index (χ0) is 10.8. The highest BCUT2D eigenvalue weighted by atomic mass is 32.1. The molecule has 3 nitrogen and oxygen atoms in total. The van der Waals surface area contributed by atoms with Crippen LogP contribution in [0.5, 0.6) is 0 Å². The number of aromatic nitrogens is 2. The minimum atomic E-state index is 0.0282. The Morgan fingerprint density at radius 2 is 2.21 bits per heavy atom. The molecule has 0 spiro atoms. The molecule has 78 valence electrons. The van der Waals surface area contributed by atoms with E-state index in [4.69, 9.17) is 12.2 Å². The molecule has 0 bridgehead atoms. The first-order valence-corrected chi connectivity index (χ1v) is 5.15. The molecule has 0 fully saturated rings. The Balaban J connectivity index is 2.80. The fourth-order valence-corrected chi connectivity index (χ4v) is 1.55. The first-order valence-electron chi connectivity index (χ1n) is 4.74. The van der Waals surface area contributed by atoms with Crippen LogP contribution in [0.1, 0.15) is 26.5 Å². The number of rotatable bonds is 4. The largest absolute Gasteiger partial charge is 0.337 e. The van der Waals surface area contributed by atoms with E-state index in [0.29, 0.717) is 4.77 Å². The topological polar surface area (TPSA) is 43.6 Å². The smallest absolute Gasteiger partial charge is 0.174 e. The second-order valence-electron chi connectivity index (χ2n) is 4.03. The fourth-order valence-electron chi connectivity index (χ4n) is 1.36. The van der Waals surface area contributed by atoms with E-state index in [9.17, 15) is 0 Å². The third kappa shape index (κ3) is 2.39. The normalized spacial score (nSPS) is 15.1. The van der Waals surface area contributed by atoms with Crippen molar-refractivity contribution in [3.63, 3.8) is 0 Å². The van der Waals surface area contributed by atoms with Gasteiger partial charge in [-0.2, -0.15) is 0 Å². The van der Waals surface area contributed by atoms with E-state index >= 15 is 0 Å². The summed E-state index contributed by atoms with van der Waals surface area (Å²) in [7, 11) is 1.98. The molecule has 0 amide bonds. The second-order valence-corrected chi connectivity index (χ2v) is 4.44. The minimum Gasteiger partial charge on any atom is -0.337 e. The van der Waals surface area contributed by atoms with Gasteiger partial charge in [0, 0.05) is 18.3 Å². The molecule has 0 aliphatic heterocycles. The maximum Gasteiger partial charge on any atom is 0.174 e. The summed E-state index contributed by atoms with van der Waals surface area (Å²) in [6.45, 7) is 6.46. The Morgan fingerprint density at radius 1 is 1.57 bits per heavy atom. The van der Waals surface area contributed by atoms with Crippen molar-refractivity contribution in [3.05, 3.63) is 22.6 Å². The third-order valence-electron chi connectivity index (χ3n) is 2.85. The summed E-state index contributed by atoms with van der Waals surface area (Å²) in [5.41, 5.74) is 1.16. The molecule has 0 aromatic carbocycles. The molecule has 1 unspecified atom stereocenters. The van der Waals surface area contributed by atoms with Crippen molar-refractivity contribution in [2.75, 3.05) is 7.05 Å². The van der Waals surface area contributed by atoms with Crippen LogP contribution in [-0.2, 0) is 6.42 Å². The lowest BCUT2D eigenvalue weighted by molar-refractivity contribution is 0.398. The van der Waals surface area contributed by atoms with Gasteiger partial charge in [-0.1, -0.05) is 0 Å². The molecule has 0 radical (unpaired) electrons. The van der Waals surface area contributed by atoms with Crippen molar-refractivity contribution in [2.24, 2.45) is 0 Å². The predicted molar refractivity (Wildman–Crippen MR) is 61.7 cm³/mol. The molecule has 1 heterocycles. The van der Waals surface area contributed by atoms with Crippen LogP contribution in [0.25, 0.3) is 0 Å². The molecule has 0 aliphatic rings. The maximum absolute atomic E-state index is 4.99. The fraction of sp³-hybridized carbons (Fsp3) is 0.600. The van der Waals surface area contributed by atoms with E-state index in [-0.39, 0.29) is 5.54 Å².